The summed E-state index contributed by atoms with van der Waals surface area (Å²) in [4.78, 5) is 18.9. The number of hydrogen-bond donors (Lipinski definition) is 0. The summed E-state index contributed by atoms with van der Waals surface area (Å²) >= 11 is 11.9. The van der Waals surface area contributed by atoms with Gasteiger partial charge in [0.05, 0.1) is 12.1 Å². The van der Waals surface area contributed by atoms with Crippen molar-refractivity contribution in [2.45, 2.75) is 32.7 Å². The van der Waals surface area contributed by atoms with Gasteiger partial charge in [-0.15, -0.1) is 11.6 Å². The van der Waals surface area contributed by atoms with Crippen molar-refractivity contribution in [2.75, 3.05) is 10.8 Å². The van der Waals surface area contributed by atoms with Crippen LogP contribution in [-0.2, 0) is 24.2 Å². The highest BCUT2D eigenvalue weighted by molar-refractivity contribution is 6.31. The minimum absolute atomic E-state index is 0.0791. The maximum absolute atomic E-state index is 12.6. The first kappa shape index (κ1) is 18.3. The van der Waals surface area contributed by atoms with Crippen LogP contribution in [0.3, 0.4) is 0 Å². The van der Waals surface area contributed by atoms with E-state index in [0.717, 1.165) is 29.3 Å². The lowest BCUT2D eigenvalue weighted by molar-refractivity contribution is -0.116. The van der Waals surface area contributed by atoms with E-state index in [2.05, 4.69) is 24.0 Å². The Morgan fingerprint density at radius 2 is 2.00 bits per heavy atom. The average Bonchev–Trinajstić information content (AvgIpc) is 3.14. The fraction of sp³-hybridized carbons (Fsp3) is 0.273. The molecule has 0 spiro atoms. The van der Waals surface area contributed by atoms with Gasteiger partial charge in [0.25, 0.3) is 0 Å². The van der Waals surface area contributed by atoms with Crippen molar-refractivity contribution in [3.8, 4) is 0 Å². The number of anilines is 1. The monoisotopic (exact) mass is 398 g/mol. The standard InChI is InChI=1S/C22H20Cl2N2O/c1-14-9-15(10-16-3-2-4-19(14)16)13-26(22(27)12-23)21-8-5-17-11-18(24)6-7-20(17)25-21/h5-11H,2-4,12-13H2,1H3. The average molecular weight is 399 g/mol. The number of fused-ring (bicyclic) bond motifs is 2. The summed E-state index contributed by atoms with van der Waals surface area (Å²) in [5.74, 6) is 0.369. The van der Waals surface area contributed by atoms with Crippen molar-refractivity contribution < 1.29 is 4.79 Å². The van der Waals surface area contributed by atoms with Gasteiger partial charge in [-0.1, -0.05) is 23.7 Å². The smallest absolute Gasteiger partial charge is 0.243 e. The summed E-state index contributed by atoms with van der Waals surface area (Å²) in [6.07, 6.45) is 3.47. The number of rotatable bonds is 4. The molecule has 0 radical (unpaired) electrons. The maximum atomic E-state index is 12.6. The van der Waals surface area contributed by atoms with E-state index >= 15 is 0 Å². The number of pyridine rings is 1. The quantitative estimate of drug-likeness (QED) is 0.546. The molecular formula is C22H20Cl2N2O. The Labute approximate surface area is 168 Å². The Kier molecular flexibility index (Phi) is 5.07. The second kappa shape index (κ2) is 7.49. The highest BCUT2D eigenvalue weighted by Crippen LogP contribution is 2.28. The third-order valence-electron chi connectivity index (χ3n) is 5.17. The fourth-order valence-electron chi connectivity index (χ4n) is 3.89. The molecule has 0 atom stereocenters. The zero-order chi connectivity index (χ0) is 19.0. The molecule has 0 N–H and O–H groups in total. The number of aryl methyl sites for hydroxylation is 2. The van der Waals surface area contributed by atoms with E-state index in [-0.39, 0.29) is 11.8 Å². The molecule has 0 fully saturated rings. The third kappa shape index (κ3) is 3.67. The molecule has 27 heavy (non-hydrogen) atoms. The number of carbonyl (C=O) groups excluding carboxylic acids is 1. The zero-order valence-corrected chi connectivity index (χ0v) is 16.6. The first-order valence-electron chi connectivity index (χ1n) is 9.09. The minimum atomic E-state index is -0.157. The molecule has 4 rings (SSSR count). The lowest BCUT2D eigenvalue weighted by atomic mass is 10.0. The maximum Gasteiger partial charge on any atom is 0.243 e. The largest absolute Gasteiger partial charge is 0.291 e. The van der Waals surface area contributed by atoms with Crippen LogP contribution in [0.15, 0.2) is 42.5 Å². The van der Waals surface area contributed by atoms with Gasteiger partial charge in [0.1, 0.15) is 11.7 Å². The summed E-state index contributed by atoms with van der Waals surface area (Å²) in [6, 6.07) is 13.7. The van der Waals surface area contributed by atoms with Crippen molar-refractivity contribution in [2.24, 2.45) is 0 Å². The number of hydrogen-bond acceptors (Lipinski definition) is 2. The van der Waals surface area contributed by atoms with Gasteiger partial charge in [-0.05, 0) is 78.8 Å². The van der Waals surface area contributed by atoms with Crippen LogP contribution < -0.4 is 4.90 Å². The molecule has 1 heterocycles. The summed E-state index contributed by atoms with van der Waals surface area (Å²) < 4.78 is 0. The predicted octanol–water partition coefficient (Wildman–Crippen LogP) is 5.46. The van der Waals surface area contributed by atoms with Gasteiger partial charge in [-0.3, -0.25) is 9.69 Å². The lowest BCUT2D eigenvalue weighted by Crippen LogP contribution is -2.32. The number of alkyl halides is 1. The Bertz CT molecular complexity index is 1030. The molecule has 1 amide bonds. The number of aromatic nitrogens is 1. The SMILES string of the molecule is Cc1cc(CN(C(=O)CCl)c2ccc3cc(Cl)ccc3n2)cc2c1CCC2. The normalized spacial score (nSPS) is 13.0. The Hall–Kier alpha value is -2.10. The molecule has 0 bridgehead atoms. The topological polar surface area (TPSA) is 33.2 Å². The van der Waals surface area contributed by atoms with Gasteiger partial charge < -0.3 is 0 Å². The lowest BCUT2D eigenvalue weighted by Gasteiger charge is -2.22. The Morgan fingerprint density at radius 3 is 2.81 bits per heavy atom. The van der Waals surface area contributed by atoms with Gasteiger partial charge in [-0.25, -0.2) is 4.98 Å². The summed E-state index contributed by atoms with van der Waals surface area (Å²) in [5.41, 5.74) is 6.09. The number of carbonyl (C=O) groups is 1. The summed E-state index contributed by atoms with van der Waals surface area (Å²) in [5, 5.41) is 1.61. The predicted molar refractivity (Wildman–Crippen MR) is 112 cm³/mol. The molecule has 0 unspecified atom stereocenters. The van der Waals surface area contributed by atoms with Crippen LogP contribution in [0.2, 0.25) is 5.02 Å². The van der Waals surface area contributed by atoms with E-state index in [1.807, 2.05) is 24.3 Å². The highest BCUT2D eigenvalue weighted by atomic mass is 35.5. The van der Waals surface area contributed by atoms with E-state index in [4.69, 9.17) is 23.2 Å². The summed E-state index contributed by atoms with van der Waals surface area (Å²) in [6.45, 7) is 2.62. The van der Waals surface area contributed by atoms with Gasteiger partial charge in [0.2, 0.25) is 5.91 Å². The van der Waals surface area contributed by atoms with E-state index in [1.165, 1.54) is 23.1 Å². The van der Waals surface area contributed by atoms with Gasteiger partial charge >= 0.3 is 0 Å². The van der Waals surface area contributed by atoms with Crippen LogP contribution in [0, 0.1) is 6.92 Å². The van der Waals surface area contributed by atoms with E-state index < -0.39 is 0 Å². The molecule has 2 aromatic carbocycles. The Balaban J connectivity index is 1.71. The van der Waals surface area contributed by atoms with Crippen LogP contribution in [0.25, 0.3) is 10.9 Å². The molecule has 1 aromatic heterocycles. The number of amides is 1. The van der Waals surface area contributed by atoms with Crippen LogP contribution in [0.4, 0.5) is 5.82 Å². The first-order valence-corrected chi connectivity index (χ1v) is 10.0. The molecule has 5 heteroatoms. The number of nitrogens with zero attached hydrogens (tertiary/aromatic N) is 2. The van der Waals surface area contributed by atoms with Crippen LogP contribution in [-0.4, -0.2) is 16.8 Å². The van der Waals surface area contributed by atoms with E-state index in [0.29, 0.717) is 17.4 Å². The van der Waals surface area contributed by atoms with E-state index in [9.17, 15) is 4.79 Å². The second-order valence-corrected chi connectivity index (χ2v) is 7.73. The molecule has 1 aliphatic rings. The zero-order valence-electron chi connectivity index (χ0n) is 15.1. The van der Waals surface area contributed by atoms with Crippen molar-refractivity contribution in [1.29, 1.82) is 0 Å². The molecule has 3 aromatic rings. The van der Waals surface area contributed by atoms with E-state index in [1.54, 1.807) is 11.0 Å². The molecule has 3 nitrogen and oxygen atoms in total. The minimum Gasteiger partial charge on any atom is -0.291 e. The van der Waals surface area contributed by atoms with Crippen molar-refractivity contribution in [1.82, 2.24) is 4.98 Å². The molecular weight excluding hydrogens is 379 g/mol. The highest BCUT2D eigenvalue weighted by Gasteiger charge is 2.20. The molecule has 0 saturated carbocycles. The molecule has 0 aliphatic heterocycles. The van der Waals surface area contributed by atoms with Gasteiger partial charge in [0.15, 0.2) is 0 Å². The van der Waals surface area contributed by atoms with Crippen molar-refractivity contribution >= 4 is 45.8 Å². The Morgan fingerprint density at radius 1 is 1.15 bits per heavy atom. The van der Waals surface area contributed by atoms with Gasteiger partial charge in [-0.2, -0.15) is 0 Å². The fourth-order valence-corrected chi connectivity index (χ4v) is 4.21. The third-order valence-corrected chi connectivity index (χ3v) is 5.63. The number of benzene rings is 2. The van der Waals surface area contributed by atoms with Gasteiger partial charge in [0, 0.05) is 10.4 Å². The van der Waals surface area contributed by atoms with Crippen LogP contribution in [0.5, 0.6) is 0 Å². The van der Waals surface area contributed by atoms with Crippen molar-refractivity contribution in [3.63, 3.8) is 0 Å². The van der Waals surface area contributed by atoms with Crippen molar-refractivity contribution in [3.05, 3.63) is 69.7 Å². The second-order valence-electron chi connectivity index (χ2n) is 7.02. The van der Waals surface area contributed by atoms with Crippen LogP contribution >= 0.6 is 23.2 Å². The molecule has 0 saturated heterocycles. The molecule has 1 aliphatic carbocycles. The van der Waals surface area contributed by atoms with Crippen LogP contribution in [0.1, 0.15) is 28.7 Å². The first-order chi connectivity index (χ1) is 13.0. The number of halogens is 2. The summed E-state index contributed by atoms with van der Waals surface area (Å²) in [7, 11) is 0. The molecule has 138 valence electrons.